The van der Waals surface area contributed by atoms with Gasteiger partial charge < -0.3 is 35.2 Å². The van der Waals surface area contributed by atoms with Crippen molar-refractivity contribution in [2.45, 2.75) is 6.54 Å². The molecule has 2 aromatic carbocycles. The summed E-state index contributed by atoms with van der Waals surface area (Å²) in [5.41, 5.74) is 1.39. The zero-order chi connectivity index (χ0) is 10.2. The molecule has 0 heterocycles. The van der Waals surface area contributed by atoms with Gasteiger partial charge in [0.25, 0.3) is 0 Å². The molecule has 0 amide bonds. The molecule has 0 aliphatic heterocycles. The van der Waals surface area contributed by atoms with Crippen molar-refractivity contribution >= 4 is 0 Å². The standard InChI is InChI=1S/C8H12N.C5H.Fe/c1-9(2)7-8-5-3-4-6-8;1-2-4-5-3-1;/h3-6H,7H2,1-2H3;1H;/q-1;-5;. The second-order valence-electron chi connectivity index (χ2n) is 3.21. The third-order valence-corrected chi connectivity index (χ3v) is 1.58. The van der Waals surface area contributed by atoms with E-state index >= 15 is 0 Å². The van der Waals surface area contributed by atoms with Crippen LogP contribution >= 0.6 is 0 Å². The van der Waals surface area contributed by atoms with Crippen molar-refractivity contribution in [1.82, 2.24) is 4.90 Å². The van der Waals surface area contributed by atoms with E-state index in [-0.39, 0.29) is 17.1 Å². The van der Waals surface area contributed by atoms with E-state index in [1.165, 1.54) is 5.56 Å². The summed E-state index contributed by atoms with van der Waals surface area (Å²) in [4.78, 5) is 2.16. The van der Waals surface area contributed by atoms with Crippen LogP contribution in [-0.4, -0.2) is 19.0 Å². The largest absolute Gasteiger partial charge is 0.999 e. The molecule has 0 unspecified atom stereocenters. The molecular weight excluding hydrogens is 226 g/mol. The van der Waals surface area contributed by atoms with Gasteiger partial charge in [-0.2, -0.15) is 12.1 Å². The molecule has 0 N–H and O–H groups in total. The second-order valence-corrected chi connectivity index (χ2v) is 3.21. The van der Waals surface area contributed by atoms with Gasteiger partial charge in [-0.05, 0) is 20.6 Å². The first-order valence-corrected chi connectivity index (χ1v) is 4.47. The zero-order valence-corrected chi connectivity index (χ0v) is 10.00. The summed E-state index contributed by atoms with van der Waals surface area (Å²) >= 11 is 0. The van der Waals surface area contributed by atoms with Crippen LogP contribution in [0.5, 0.6) is 0 Å². The van der Waals surface area contributed by atoms with E-state index in [0.717, 1.165) is 6.54 Å². The molecule has 1 nitrogen and oxygen atoms in total. The Kier molecular flexibility index (Phi) is 8.02. The van der Waals surface area contributed by atoms with Crippen LogP contribution in [0.4, 0.5) is 0 Å². The molecule has 0 atom stereocenters. The van der Waals surface area contributed by atoms with Crippen molar-refractivity contribution in [3.63, 3.8) is 0 Å². The molecule has 2 aromatic rings. The Morgan fingerprint density at radius 2 is 1.67 bits per heavy atom. The van der Waals surface area contributed by atoms with E-state index in [1.54, 1.807) is 6.07 Å². The minimum Gasteiger partial charge on any atom is -0.999 e. The van der Waals surface area contributed by atoms with Crippen LogP contribution in [0.15, 0.2) is 30.3 Å². The molecule has 0 saturated heterocycles. The predicted molar refractivity (Wildman–Crippen MR) is 56.8 cm³/mol. The molecule has 0 aromatic heterocycles. The van der Waals surface area contributed by atoms with E-state index in [2.05, 4.69) is 67.5 Å². The number of hydrogen-bond acceptors (Lipinski definition) is 1. The zero-order valence-electron chi connectivity index (χ0n) is 8.89. The second kappa shape index (κ2) is 8.48. The van der Waals surface area contributed by atoms with Gasteiger partial charge >= 0.3 is 0 Å². The molecule has 0 aliphatic carbocycles. The van der Waals surface area contributed by atoms with Gasteiger partial charge in [0, 0.05) is 17.1 Å². The third kappa shape index (κ3) is 7.15. The average Bonchev–Trinajstić information content (AvgIpc) is 2.75. The smallest absolute Gasteiger partial charge is 0 e. The van der Waals surface area contributed by atoms with Crippen LogP contribution in [0.2, 0.25) is 0 Å². The molecule has 0 saturated carbocycles. The van der Waals surface area contributed by atoms with Gasteiger partial charge in [-0.1, -0.05) is 0 Å². The normalized spacial score (nSPS) is 9.00. The summed E-state index contributed by atoms with van der Waals surface area (Å²) in [6, 6.07) is 20.4. The Bertz CT molecular complexity index is 278. The molecule has 0 aliphatic rings. The first-order chi connectivity index (χ1) is 6.79. The summed E-state index contributed by atoms with van der Waals surface area (Å²) < 4.78 is 0. The first kappa shape index (κ1) is 14.2. The first-order valence-electron chi connectivity index (χ1n) is 4.47. The molecule has 2 rings (SSSR count). The van der Waals surface area contributed by atoms with Crippen molar-refractivity contribution in [2.24, 2.45) is 0 Å². The Morgan fingerprint density at radius 3 is 2.00 bits per heavy atom. The van der Waals surface area contributed by atoms with Crippen LogP contribution in [0.1, 0.15) is 5.56 Å². The van der Waals surface area contributed by atoms with E-state index in [4.69, 9.17) is 0 Å². The Balaban J connectivity index is 0.000000280. The van der Waals surface area contributed by atoms with Gasteiger partial charge in [0.05, 0.1) is 0 Å². The van der Waals surface area contributed by atoms with Gasteiger partial charge in [0.15, 0.2) is 0 Å². The SMILES string of the molecule is CN(C)C[c-]1cccc1.[Fe].[c-]1[c-][c-][cH-][c-]1. The van der Waals surface area contributed by atoms with Crippen molar-refractivity contribution in [3.8, 4) is 0 Å². The van der Waals surface area contributed by atoms with Gasteiger partial charge in [-0.3, -0.25) is 0 Å². The molecule has 15 heavy (non-hydrogen) atoms. The molecule has 84 valence electrons. The maximum Gasteiger partial charge on any atom is 0 e. The van der Waals surface area contributed by atoms with Gasteiger partial charge in [-0.15, -0.1) is 5.56 Å². The summed E-state index contributed by atoms with van der Waals surface area (Å²) in [6.45, 7) is 1.05. The van der Waals surface area contributed by atoms with Gasteiger partial charge in [-0.25, -0.2) is 12.1 Å². The number of rotatable bonds is 2. The summed E-state index contributed by atoms with van der Waals surface area (Å²) in [7, 11) is 4.15. The molecule has 2 heteroatoms. The number of hydrogen-bond donors (Lipinski definition) is 0. The third-order valence-electron chi connectivity index (χ3n) is 1.58. The van der Waals surface area contributed by atoms with Crippen LogP contribution < -0.4 is 0 Å². The molecule has 0 bridgehead atoms. The van der Waals surface area contributed by atoms with E-state index in [0.29, 0.717) is 0 Å². The quantitative estimate of drug-likeness (QED) is 0.572. The minimum absolute atomic E-state index is 0. The minimum atomic E-state index is 0. The summed E-state index contributed by atoms with van der Waals surface area (Å²) in [5, 5.41) is 0. The topological polar surface area (TPSA) is 3.24 Å². The van der Waals surface area contributed by atoms with Crippen molar-refractivity contribution in [1.29, 1.82) is 0 Å². The maximum absolute atomic E-state index is 2.62. The maximum atomic E-state index is 2.62. The predicted octanol–water partition coefficient (Wildman–Crippen LogP) is 2.07. The Morgan fingerprint density at radius 1 is 1.13 bits per heavy atom. The van der Waals surface area contributed by atoms with E-state index in [9.17, 15) is 0 Å². The molecule has 0 radical (unpaired) electrons. The number of nitrogens with zero attached hydrogens (tertiary/aromatic N) is 1. The Labute approximate surface area is 103 Å². The summed E-state index contributed by atoms with van der Waals surface area (Å²) in [5.74, 6) is 0. The van der Waals surface area contributed by atoms with Gasteiger partial charge in [0.2, 0.25) is 0 Å². The van der Waals surface area contributed by atoms with E-state index in [1.807, 2.05) is 0 Å². The van der Waals surface area contributed by atoms with E-state index < -0.39 is 0 Å². The van der Waals surface area contributed by atoms with Crippen LogP contribution in [0.3, 0.4) is 0 Å². The van der Waals surface area contributed by atoms with Gasteiger partial charge in [0.1, 0.15) is 0 Å². The fourth-order valence-corrected chi connectivity index (χ4v) is 1.06. The van der Waals surface area contributed by atoms with Crippen molar-refractivity contribution in [2.75, 3.05) is 14.1 Å². The molecular formula is C13H13FeN-6. The fourth-order valence-electron chi connectivity index (χ4n) is 1.06. The molecule has 0 spiro atoms. The molecule has 0 fully saturated rings. The monoisotopic (exact) mass is 239 g/mol. The van der Waals surface area contributed by atoms with Crippen LogP contribution in [-0.2, 0) is 23.6 Å². The van der Waals surface area contributed by atoms with Crippen molar-refractivity contribution < 1.29 is 17.1 Å². The summed E-state index contributed by atoms with van der Waals surface area (Å²) in [6.07, 6.45) is 0. The Hall–Kier alpha value is -0.821. The fraction of sp³-hybridized carbons (Fsp3) is 0.231. The average molecular weight is 239 g/mol. The van der Waals surface area contributed by atoms with Crippen LogP contribution in [0.25, 0.3) is 0 Å². The van der Waals surface area contributed by atoms with Crippen LogP contribution in [0, 0.1) is 24.3 Å². The van der Waals surface area contributed by atoms with Crippen molar-refractivity contribution in [3.05, 3.63) is 60.2 Å².